The van der Waals surface area contributed by atoms with Gasteiger partial charge in [-0.3, -0.25) is 4.90 Å². The molecule has 1 aromatic rings. The molecule has 0 saturated carbocycles. The van der Waals surface area contributed by atoms with Gasteiger partial charge in [-0.15, -0.1) is 0 Å². The highest BCUT2D eigenvalue weighted by Crippen LogP contribution is 2.40. The van der Waals surface area contributed by atoms with Gasteiger partial charge in [-0.2, -0.15) is 26.3 Å². The fourth-order valence-electron chi connectivity index (χ4n) is 3.54. The lowest BCUT2D eigenvalue weighted by atomic mass is 9.84. The second-order valence-corrected chi connectivity index (χ2v) is 9.58. The highest BCUT2D eigenvalue weighted by molar-refractivity contribution is 7.88. The third-order valence-electron chi connectivity index (χ3n) is 5.36. The molecule has 34 heavy (non-hydrogen) atoms. The molecule has 196 valence electrons. The van der Waals surface area contributed by atoms with Crippen molar-refractivity contribution in [2.75, 3.05) is 32.9 Å². The first-order valence-corrected chi connectivity index (χ1v) is 11.4. The lowest BCUT2D eigenvalue weighted by molar-refractivity contribution is -0.193. The molecule has 2 N–H and O–H groups in total. The number of nitrogens with zero attached hydrogens (tertiary/aromatic N) is 4. The maximum Gasteiger partial charge on any atom is 0.490 e. The maximum absolute atomic E-state index is 11.7. The average molecular weight is 526 g/mol. The summed E-state index contributed by atoms with van der Waals surface area (Å²) >= 11 is 0. The smallest absolute Gasteiger partial charge is 0.475 e. The number of aryl methyl sites for hydroxylation is 1. The molecule has 3 rings (SSSR count). The molecule has 0 atom stereocenters. The van der Waals surface area contributed by atoms with Gasteiger partial charge in [0, 0.05) is 38.1 Å². The minimum absolute atomic E-state index is 0.103. The number of alkyl halides is 6. The van der Waals surface area contributed by atoms with Gasteiger partial charge in [0.1, 0.15) is 5.82 Å². The first-order valence-electron chi connectivity index (χ1n) is 9.52. The fraction of sp³-hybridized carbons (Fsp3) is 0.706. The molecule has 1 aromatic heterocycles. The van der Waals surface area contributed by atoms with Crippen LogP contribution in [-0.2, 0) is 31.7 Å². The molecule has 10 nitrogen and oxygen atoms in total. The van der Waals surface area contributed by atoms with Crippen LogP contribution in [0.2, 0.25) is 0 Å². The van der Waals surface area contributed by atoms with Gasteiger partial charge in [-0.1, -0.05) is 0 Å². The average Bonchev–Trinajstić information content (AvgIpc) is 3.06. The summed E-state index contributed by atoms with van der Waals surface area (Å²) in [5.41, 5.74) is 1.09. The van der Waals surface area contributed by atoms with Crippen LogP contribution in [0.1, 0.15) is 24.4 Å². The zero-order chi connectivity index (χ0) is 26.7. The van der Waals surface area contributed by atoms with E-state index in [1.54, 1.807) is 4.31 Å². The molecule has 0 unspecified atom stereocenters. The van der Waals surface area contributed by atoms with E-state index in [-0.39, 0.29) is 5.54 Å². The summed E-state index contributed by atoms with van der Waals surface area (Å²) in [6, 6.07) is 0. The van der Waals surface area contributed by atoms with Crippen LogP contribution in [0.4, 0.5) is 26.3 Å². The van der Waals surface area contributed by atoms with Crippen molar-refractivity contribution in [3.8, 4) is 0 Å². The number of carboxylic acids is 2. The van der Waals surface area contributed by atoms with Gasteiger partial charge >= 0.3 is 24.3 Å². The molecule has 1 fully saturated rings. The van der Waals surface area contributed by atoms with Crippen LogP contribution >= 0.6 is 0 Å². The zero-order valence-corrected chi connectivity index (χ0v) is 19.1. The van der Waals surface area contributed by atoms with E-state index < -0.39 is 34.3 Å². The van der Waals surface area contributed by atoms with Crippen molar-refractivity contribution in [3.63, 3.8) is 0 Å². The number of aromatic nitrogens is 2. The van der Waals surface area contributed by atoms with Crippen LogP contribution in [0.25, 0.3) is 0 Å². The predicted octanol–water partition coefficient (Wildman–Crippen LogP) is 1.65. The second-order valence-electron chi connectivity index (χ2n) is 7.60. The Morgan fingerprint density at radius 1 is 0.971 bits per heavy atom. The van der Waals surface area contributed by atoms with Gasteiger partial charge in [0.05, 0.1) is 11.8 Å². The number of hydrogen-bond acceptors (Lipinski definition) is 6. The third kappa shape index (κ3) is 7.30. The van der Waals surface area contributed by atoms with E-state index in [2.05, 4.69) is 28.4 Å². The highest BCUT2D eigenvalue weighted by Gasteiger charge is 2.46. The quantitative estimate of drug-likeness (QED) is 0.528. The molecule has 0 amide bonds. The number of carbonyl (C=O) groups is 2. The Kier molecular flexibility index (Phi) is 9.13. The van der Waals surface area contributed by atoms with E-state index >= 15 is 0 Å². The van der Waals surface area contributed by atoms with Crippen molar-refractivity contribution in [1.29, 1.82) is 0 Å². The van der Waals surface area contributed by atoms with Crippen LogP contribution in [0, 0.1) is 6.92 Å². The molecule has 17 heteroatoms. The summed E-state index contributed by atoms with van der Waals surface area (Å²) in [5.74, 6) is -4.41. The van der Waals surface area contributed by atoms with Gasteiger partial charge in [0.15, 0.2) is 0 Å². The Hall–Kier alpha value is -2.40. The summed E-state index contributed by atoms with van der Waals surface area (Å²) < 4.78 is 90.7. The molecule has 0 bridgehead atoms. The fourth-order valence-corrected chi connectivity index (χ4v) is 4.39. The number of sulfonamides is 1. The first kappa shape index (κ1) is 29.6. The lowest BCUT2D eigenvalue weighted by Gasteiger charge is -2.49. The molecular formula is C17H24F6N4O6S. The summed E-state index contributed by atoms with van der Waals surface area (Å²) in [7, 11) is -0.955. The summed E-state index contributed by atoms with van der Waals surface area (Å²) in [4.78, 5) is 24.8. The van der Waals surface area contributed by atoms with Crippen LogP contribution in [0.3, 0.4) is 0 Å². The maximum atomic E-state index is 11.7. The van der Waals surface area contributed by atoms with Gasteiger partial charge in [-0.05, 0) is 26.8 Å². The van der Waals surface area contributed by atoms with Gasteiger partial charge in [-0.25, -0.2) is 27.3 Å². The van der Waals surface area contributed by atoms with Crippen molar-refractivity contribution < 1.29 is 54.6 Å². The molecule has 1 spiro atoms. The van der Waals surface area contributed by atoms with Crippen molar-refractivity contribution in [2.45, 2.75) is 44.2 Å². The number of aliphatic carboxylic acids is 2. The number of carboxylic acid groups (broad SMARTS) is 2. The second kappa shape index (κ2) is 10.5. The minimum Gasteiger partial charge on any atom is -0.475 e. The molecular weight excluding hydrogens is 502 g/mol. The standard InChI is InChI=1S/C13H22N4O2S.2C2HF3O2/c1-11-10-14-12-13(15(2)8-9-17(11)12)4-6-16(7-5-13)20(3,18)19;2*3-2(4,5)1(6)7/h10H,4-9H2,1-3H3;2*(H,6,7). The number of imidazole rings is 1. The normalized spacial score (nSPS) is 18.7. The minimum atomic E-state index is -5.08. The van der Waals surface area contributed by atoms with Crippen molar-refractivity contribution in [2.24, 2.45) is 0 Å². The summed E-state index contributed by atoms with van der Waals surface area (Å²) in [5, 5.41) is 14.2. The number of fused-ring (bicyclic) bond motifs is 2. The van der Waals surface area contributed by atoms with Crippen molar-refractivity contribution >= 4 is 22.0 Å². The molecule has 3 heterocycles. The molecule has 0 aliphatic carbocycles. The van der Waals surface area contributed by atoms with E-state index in [9.17, 15) is 34.8 Å². The molecule has 0 radical (unpaired) electrons. The Morgan fingerprint density at radius 3 is 1.74 bits per heavy atom. The van der Waals surface area contributed by atoms with E-state index in [1.807, 2.05) is 6.20 Å². The molecule has 1 saturated heterocycles. The Morgan fingerprint density at radius 2 is 1.38 bits per heavy atom. The van der Waals surface area contributed by atoms with Gasteiger partial charge in [0.2, 0.25) is 10.0 Å². The van der Waals surface area contributed by atoms with Crippen LogP contribution < -0.4 is 0 Å². The number of halogens is 6. The van der Waals surface area contributed by atoms with Gasteiger partial charge < -0.3 is 14.8 Å². The molecule has 2 aliphatic heterocycles. The predicted molar refractivity (Wildman–Crippen MR) is 104 cm³/mol. The van der Waals surface area contributed by atoms with Crippen molar-refractivity contribution in [3.05, 3.63) is 17.7 Å². The molecule has 2 aliphatic rings. The van der Waals surface area contributed by atoms with Crippen LogP contribution in [0.5, 0.6) is 0 Å². The lowest BCUT2D eigenvalue weighted by Crippen LogP contribution is -2.56. The monoisotopic (exact) mass is 526 g/mol. The summed E-state index contributed by atoms with van der Waals surface area (Å²) in [6.45, 7) is 5.20. The highest BCUT2D eigenvalue weighted by atomic mass is 32.2. The largest absolute Gasteiger partial charge is 0.490 e. The first-order chi connectivity index (χ1) is 15.2. The zero-order valence-electron chi connectivity index (χ0n) is 18.3. The SMILES string of the molecule is Cc1cnc2n1CCN(C)C21CCN(S(C)(=O)=O)CC1.O=C(O)C(F)(F)F.O=C(O)C(F)(F)F. The van der Waals surface area contributed by atoms with E-state index in [1.165, 1.54) is 11.9 Å². The topological polar surface area (TPSA) is 133 Å². The number of likely N-dealkylation sites (N-methyl/N-ethyl adjacent to an activating group) is 1. The Balaban J connectivity index is 0.000000343. The van der Waals surface area contributed by atoms with Crippen LogP contribution in [0.15, 0.2) is 6.20 Å². The van der Waals surface area contributed by atoms with E-state index in [0.29, 0.717) is 13.1 Å². The number of rotatable bonds is 1. The Labute approximate surface area is 190 Å². The van der Waals surface area contributed by atoms with Crippen LogP contribution in [-0.4, -0.2) is 94.6 Å². The number of piperidine rings is 1. The summed E-state index contributed by atoms with van der Waals surface area (Å²) in [6.07, 6.45) is -5.32. The van der Waals surface area contributed by atoms with Gasteiger partial charge in [0.25, 0.3) is 0 Å². The molecule has 0 aromatic carbocycles. The van der Waals surface area contributed by atoms with Crippen molar-refractivity contribution in [1.82, 2.24) is 18.8 Å². The number of hydrogen-bond donors (Lipinski definition) is 2. The Bertz CT molecular complexity index is 960. The van der Waals surface area contributed by atoms with E-state index in [4.69, 9.17) is 19.8 Å². The third-order valence-corrected chi connectivity index (χ3v) is 6.67. The van der Waals surface area contributed by atoms with E-state index in [0.717, 1.165) is 31.8 Å².